The van der Waals surface area contributed by atoms with Crippen LogP contribution in [0.15, 0.2) is 42.5 Å². The summed E-state index contributed by atoms with van der Waals surface area (Å²) in [5.41, 5.74) is 2.34. The van der Waals surface area contributed by atoms with Crippen molar-refractivity contribution in [3.8, 4) is 22.7 Å². The van der Waals surface area contributed by atoms with Gasteiger partial charge in [-0.2, -0.15) is 26.7 Å². The zero-order valence-electron chi connectivity index (χ0n) is 23.0. The van der Waals surface area contributed by atoms with Gasteiger partial charge in [-0.3, -0.25) is 4.79 Å². The topological polar surface area (TPSA) is 93.5 Å². The number of nitrogens with zero attached hydrogens (tertiary/aromatic N) is 3. The van der Waals surface area contributed by atoms with Gasteiger partial charge in [-0.05, 0) is 69.4 Å². The van der Waals surface area contributed by atoms with E-state index in [1.165, 1.54) is 12.1 Å². The second-order valence-electron chi connectivity index (χ2n) is 10.5. The molecule has 0 bridgehead atoms. The maximum absolute atomic E-state index is 13.6. The Balaban J connectivity index is 1.77. The number of hydrogen-bond acceptors (Lipinski definition) is 6. The van der Waals surface area contributed by atoms with Crippen molar-refractivity contribution < 1.29 is 30.6 Å². The third-order valence-electron chi connectivity index (χ3n) is 6.74. The quantitative estimate of drug-likeness (QED) is 0.249. The number of carbonyl (C=O) groups is 1. The van der Waals surface area contributed by atoms with Gasteiger partial charge < -0.3 is 14.4 Å². The molecular weight excluding hydrogens is 616 g/mol. The van der Waals surface area contributed by atoms with E-state index < -0.39 is 28.5 Å². The molecule has 1 aliphatic carbocycles. The van der Waals surface area contributed by atoms with Crippen LogP contribution in [0.4, 0.5) is 13.2 Å². The molecule has 228 valence electrons. The minimum atomic E-state index is -4.63. The molecule has 0 radical (unpaired) electrons. The molecule has 42 heavy (non-hydrogen) atoms. The lowest BCUT2D eigenvalue weighted by Gasteiger charge is -2.22. The van der Waals surface area contributed by atoms with E-state index in [1.54, 1.807) is 35.0 Å². The fourth-order valence-corrected chi connectivity index (χ4v) is 6.28. The summed E-state index contributed by atoms with van der Waals surface area (Å²) in [6.07, 6.45) is -1.17. The monoisotopic (exact) mass is 646 g/mol. The van der Waals surface area contributed by atoms with Gasteiger partial charge in [-0.1, -0.05) is 42.5 Å². The summed E-state index contributed by atoms with van der Waals surface area (Å²) >= 11 is 12.7. The highest BCUT2D eigenvalue weighted by Gasteiger charge is 2.31. The maximum Gasteiger partial charge on any atom is 0.390 e. The summed E-state index contributed by atoms with van der Waals surface area (Å²) in [5, 5.41) is 8.53. The Morgan fingerprint density at radius 2 is 1.76 bits per heavy atom. The highest BCUT2D eigenvalue weighted by atomic mass is 35.5. The van der Waals surface area contributed by atoms with Crippen molar-refractivity contribution in [2.45, 2.75) is 57.3 Å². The molecule has 3 aromatic rings. The van der Waals surface area contributed by atoms with Gasteiger partial charge in [0.1, 0.15) is 5.75 Å². The van der Waals surface area contributed by atoms with Gasteiger partial charge in [0.2, 0.25) is 0 Å². The number of hydrogen-bond donors (Lipinski definition) is 1. The van der Waals surface area contributed by atoms with Crippen LogP contribution < -0.4 is 9.50 Å². The first-order chi connectivity index (χ1) is 19.7. The third-order valence-corrected chi connectivity index (χ3v) is 8.43. The first kappa shape index (κ1) is 32.1. The van der Waals surface area contributed by atoms with Gasteiger partial charge in [0.15, 0.2) is 5.69 Å². The first-order valence-corrected chi connectivity index (χ1v) is 15.7. The fourth-order valence-electron chi connectivity index (χ4n) is 4.82. The Labute approximate surface area is 252 Å². The van der Waals surface area contributed by atoms with Crippen molar-refractivity contribution in [1.29, 1.82) is 0 Å². The molecular formula is C28H31Cl2F3N4O4S. The molecule has 1 saturated carbocycles. The smallest absolute Gasteiger partial charge is 0.382 e. The predicted octanol–water partition coefficient (Wildman–Crippen LogP) is 6.63. The van der Waals surface area contributed by atoms with E-state index in [4.69, 9.17) is 32.5 Å². The molecule has 0 atom stereocenters. The zero-order chi connectivity index (χ0) is 30.7. The molecule has 0 saturated heterocycles. The Morgan fingerprint density at radius 3 is 2.36 bits per heavy atom. The van der Waals surface area contributed by atoms with Gasteiger partial charge in [-0.25, -0.2) is 4.68 Å². The molecule has 0 aliphatic heterocycles. The van der Waals surface area contributed by atoms with Crippen LogP contribution in [-0.2, 0) is 16.7 Å². The summed E-state index contributed by atoms with van der Waals surface area (Å²) in [7, 11) is -0.780. The van der Waals surface area contributed by atoms with Gasteiger partial charge in [0.25, 0.3) is 5.91 Å². The van der Waals surface area contributed by atoms with Crippen LogP contribution in [0.3, 0.4) is 0 Å². The van der Waals surface area contributed by atoms with Crippen LogP contribution in [0.25, 0.3) is 16.9 Å². The van der Waals surface area contributed by atoms with Crippen LogP contribution in [0.2, 0.25) is 10.0 Å². The number of carbonyl (C=O) groups excluding carboxylic acids is 1. The SMILES string of the molecule is CN(C)Cc1c(C(=O)NC2CCCCC2)nn(-c2ccc(Cl)cc2Cl)c1-c1ccc(OS(=O)(=O)CCC(F)(F)F)cc1. The molecule has 1 aromatic heterocycles. The van der Waals surface area contributed by atoms with E-state index in [-0.39, 0.29) is 28.4 Å². The van der Waals surface area contributed by atoms with Gasteiger partial charge in [-0.15, -0.1) is 0 Å². The number of amides is 1. The Kier molecular flexibility index (Phi) is 10.1. The first-order valence-electron chi connectivity index (χ1n) is 13.3. The van der Waals surface area contributed by atoms with E-state index in [9.17, 15) is 26.4 Å². The van der Waals surface area contributed by atoms with Crippen LogP contribution in [-0.4, -0.2) is 61.1 Å². The average molecular weight is 648 g/mol. The molecule has 0 spiro atoms. The summed E-state index contributed by atoms with van der Waals surface area (Å²) < 4.78 is 68.3. The minimum absolute atomic E-state index is 0.0434. The second kappa shape index (κ2) is 13.2. The number of alkyl halides is 3. The molecule has 1 amide bonds. The summed E-state index contributed by atoms with van der Waals surface area (Å²) in [4.78, 5) is 15.5. The van der Waals surface area contributed by atoms with Gasteiger partial charge >= 0.3 is 16.3 Å². The molecule has 4 rings (SSSR count). The second-order valence-corrected chi connectivity index (χ2v) is 13.0. The minimum Gasteiger partial charge on any atom is -0.382 e. The van der Waals surface area contributed by atoms with Crippen LogP contribution >= 0.6 is 23.2 Å². The van der Waals surface area contributed by atoms with Crippen molar-refractivity contribution >= 4 is 39.2 Å². The molecule has 1 N–H and O–H groups in total. The van der Waals surface area contributed by atoms with Crippen LogP contribution in [0.1, 0.15) is 54.6 Å². The summed E-state index contributed by atoms with van der Waals surface area (Å²) in [5.74, 6) is -1.67. The number of halogens is 5. The van der Waals surface area contributed by atoms with Crippen molar-refractivity contribution in [3.63, 3.8) is 0 Å². The van der Waals surface area contributed by atoms with Crippen molar-refractivity contribution in [3.05, 3.63) is 63.8 Å². The lowest BCUT2D eigenvalue weighted by Crippen LogP contribution is -2.37. The highest BCUT2D eigenvalue weighted by Crippen LogP contribution is 2.35. The number of aromatic nitrogens is 2. The standard InChI is InChI=1S/C28H31Cl2F3N4O4S/c1-36(2)17-22-25(27(38)34-20-6-4-3-5-7-20)35-37(24-13-10-19(29)16-23(24)30)26(22)18-8-11-21(12-9-18)41-42(39,40)15-14-28(31,32)33/h8-13,16,20H,3-7,14-15,17H2,1-2H3,(H,34,38). The molecule has 0 unspecified atom stereocenters. The summed E-state index contributed by atoms with van der Waals surface area (Å²) in [6, 6.07) is 10.7. The molecule has 1 fully saturated rings. The lowest BCUT2D eigenvalue weighted by atomic mass is 9.95. The Bertz CT molecular complexity index is 1520. The average Bonchev–Trinajstić information content (AvgIpc) is 3.26. The van der Waals surface area contributed by atoms with Gasteiger partial charge in [0.05, 0.1) is 28.6 Å². The molecule has 1 heterocycles. The molecule has 14 heteroatoms. The molecule has 1 aliphatic rings. The van der Waals surface area contributed by atoms with Crippen LogP contribution in [0.5, 0.6) is 5.75 Å². The van der Waals surface area contributed by atoms with Crippen molar-refractivity contribution in [2.24, 2.45) is 0 Å². The maximum atomic E-state index is 13.6. The molecule has 2 aromatic carbocycles. The zero-order valence-corrected chi connectivity index (χ0v) is 25.4. The normalized spacial score (nSPS) is 14.8. The Morgan fingerprint density at radius 1 is 1.10 bits per heavy atom. The number of rotatable bonds is 10. The third kappa shape index (κ3) is 8.40. The summed E-state index contributed by atoms with van der Waals surface area (Å²) in [6.45, 7) is 0.331. The predicted molar refractivity (Wildman–Crippen MR) is 156 cm³/mol. The Hall–Kier alpha value is -2.80. The number of nitrogens with one attached hydrogen (secondary N) is 1. The van der Waals surface area contributed by atoms with E-state index >= 15 is 0 Å². The van der Waals surface area contributed by atoms with Crippen LogP contribution in [0, 0.1) is 0 Å². The van der Waals surface area contributed by atoms with E-state index in [1.807, 2.05) is 19.0 Å². The van der Waals surface area contributed by atoms with Crippen molar-refractivity contribution in [2.75, 3.05) is 19.8 Å². The van der Waals surface area contributed by atoms with E-state index in [0.29, 0.717) is 34.1 Å². The number of benzene rings is 2. The van der Waals surface area contributed by atoms with Gasteiger partial charge in [0, 0.05) is 28.7 Å². The highest BCUT2D eigenvalue weighted by molar-refractivity contribution is 7.87. The largest absolute Gasteiger partial charge is 0.390 e. The fraction of sp³-hybridized carbons (Fsp3) is 0.429. The lowest BCUT2D eigenvalue weighted by molar-refractivity contribution is -0.130. The molecule has 8 nitrogen and oxygen atoms in total. The van der Waals surface area contributed by atoms with E-state index in [0.717, 1.165) is 32.1 Å². The van der Waals surface area contributed by atoms with Crippen molar-refractivity contribution in [1.82, 2.24) is 20.0 Å². The van der Waals surface area contributed by atoms with E-state index in [2.05, 4.69) is 5.32 Å².